The van der Waals surface area contributed by atoms with Gasteiger partial charge in [-0.15, -0.1) is 17.5 Å². The molecule has 2 aromatic rings. The van der Waals surface area contributed by atoms with Gasteiger partial charge in [-0.3, -0.25) is 4.79 Å². The first-order valence-electron chi connectivity index (χ1n) is 8.15. The zero-order chi connectivity index (χ0) is 16.2. The molecule has 1 aliphatic rings. The van der Waals surface area contributed by atoms with E-state index in [1.165, 1.54) is 0 Å². The van der Waals surface area contributed by atoms with Crippen molar-refractivity contribution in [3.05, 3.63) is 47.3 Å². The van der Waals surface area contributed by atoms with Gasteiger partial charge in [0.15, 0.2) is 5.69 Å². The molecule has 1 atom stereocenters. The third kappa shape index (κ3) is 3.94. The maximum absolute atomic E-state index is 12.5. The molecule has 130 valence electrons. The Kier molecular flexibility index (Phi) is 6.34. The highest BCUT2D eigenvalue weighted by Gasteiger charge is 2.23. The van der Waals surface area contributed by atoms with Crippen LogP contribution in [0, 0.1) is 6.92 Å². The van der Waals surface area contributed by atoms with Gasteiger partial charge in [-0.05, 0) is 45.3 Å². The normalized spacial score (nSPS) is 16.2. The third-order valence-electron chi connectivity index (χ3n) is 4.44. The zero-order valence-electron chi connectivity index (χ0n) is 14.0. The summed E-state index contributed by atoms with van der Waals surface area (Å²) in [6, 6.07) is 10.2. The Labute approximate surface area is 148 Å². The summed E-state index contributed by atoms with van der Waals surface area (Å²) in [5.41, 5.74) is 2.34. The summed E-state index contributed by atoms with van der Waals surface area (Å²) < 4.78 is 1.91. The smallest absolute Gasteiger partial charge is 0.274 e. The first-order valence-corrected chi connectivity index (χ1v) is 8.15. The maximum Gasteiger partial charge on any atom is 0.274 e. The number of rotatable bonds is 4. The van der Waals surface area contributed by atoms with Gasteiger partial charge in [0.1, 0.15) is 0 Å². The van der Waals surface area contributed by atoms with Gasteiger partial charge < -0.3 is 10.6 Å². The number of benzene rings is 1. The lowest BCUT2D eigenvalue weighted by Gasteiger charge is -2.23. The van der Waals surface area contributed by atoms with Crippen molar-refractivity contribution >= 4 is 18.3 Å². The summed E-state index contributed by atoms with van der Waals surface area (Å²) in [6.45, 7) is 5.86. The Morgan fingerprint density at radius 3 is 2.62 bits per heavy atom. The highest BCUT2D eigenvalue weighted by atomic mass is 35.5. The first kappa shape index (κ1) is 18.4. The Balaban J connectivity index is 0.00000208. The number of carbonyl (C=O) groups is 1. The Hall–Kier alpha value is -1.92. The number of hydrogen-bond acceptors (Lipinski definition) is 4. The molecular weight excluding hydrogens is 326 g/mol. The molecule has 1 unspecified atom stereocenters. The van der Waals surface area contributed by atoms with E-state index in [4.69, 9.17) is 0 Å². The minimum atomic E-state index is -0.168. The Morgan fingerprint density at radius 1 is 1.29 bits per heavy atom. The third-order valence-corrected chi connectivity index (χ3v) is 4.44. The number of aromatic nitrogens is 3. The van der Waals surface area contributed by atoms with E-state index < -0.39 is 0 Å². The van der Waals surface area contributed by atoms with E-state index in [0.29, 0.717) is 11.7 Å². The lowest BCUT2D eigenvalue weighted by molar-refractivity contribution is 0.0934. The standard InChI is InChI=1S/C17H23N5O.ClH/c1-12(14-6-4-3-5-7-14)19-17(23)16-13(2)22(21-20-16)15-8-10-18-11-9-15;/h3-7,12,15,18H,8-11H2,1-2H3,(H,19,23);1H. The molecule has 1 aliphatic heterocycles. The van der Waals surface area contributed by atoms with Crippen molar-refractivity contribution in [3.63, 3.8) is 0 Å². The van der Waals surface area contributed by atoms with Crippen molar-refractivity contribution in [2.75, 3.05) is 13.1 Å². The van der Waals surface area contributed by atoms with Crippen molar-refractivity contribution in [2.45, 2.75) is 38.8 Å². The summed E-state index contributed by atoms with van der Waals surface area (Å²) in [6.07, 6.45) is 2.04. The van der Waals surface area contributed by atoms with Gasteiger partial charge in [-0.25, -0.2) is 4.68 Å². The molecule has 1 saturated heterocycles. The second-order valence-corrected chi connectivity index (χ2v) is 6.06. The van der Waals surface area contributed by atoms with Gasteiger partial charge in [0.05, 0.1) is 17.8 Å². The molecule has 0 bridgehead atoms. The first-order chi connectivity index (χ1) is 11.2. The van der Waals surface area contributed by atoms with Crippen LogP contribution in [0.3, 0.4) is 0 Å². The average molecular weight is 350 g/mol. The van der Waals surface area contributed by atoms with Crippen LogP contribution in [0.25, 0.3) is 0 Å². The number of carbonyl (C=O) groups excluding carboxylic acids is 1. The predicted octanol–water partition coefficient (Wildman–Crippen LogP) is 2.42. The topological polar surface area (TPSA) is 71.8 Å². The van der Waals surface area contributed by atoms with Gasteiger partial charge in [0, 0.05) is 0 Å². The minimum Gasteiger partial charge on any atom is -0.344 e. The van der Waals surface area contributed by atoms with E-state index in [1.54, 1.807) is 0 Å². The molecule has 7 heteroatoms. The number of piperidine rings is 1. The summed E-state index contributed by atoms with van der Waals surface area (Å²) in [5.74, 6) is -0.168. The average Bonchev–Trinajstić information content (AvgIpc) is 2.98. The molecule has 2 heterocycles. The van der Waals surface area contributed by atoms with Crippen molar-refractivity contribution in [1.82, 2.24) is 25.6 Å². The summed E-state index contributed by atoms with van der Waals surface area (Å²) in [7, 11) is 0. The number of nitrogens with one attached hydrogen (secondary N) is 2. The van der Waals surface area contributed by atoms with Crippen molar-refractivity contribution in [1.29, 1.82) is 0 Å². The van der Waals surface area contributed by atoms with Crippen molar-refractivity contribution < 1.29 is 4.79 Å². The molecule has 2 N–H and O–H groups in total. The van der Waals surface area contributed by atoms with Crippen molar-refractivity contribution in [2.24, 2.45) is 0 Å². The molecule has 24 heavy (non-hydrogen) atoms. The monoisotopic (exact) mass is 349 g/mol. The van der Waals surface area contributed by atoms with E-state index >= 15 is 0 Å². The molecule has 1 amide bonds. The van der Waals surface area contributed by atoms with Crippen LogP contribution in [-0.2, 0) is 0 Å². The van der Waals surface area contributed by atoms with Gasteiger partial charge in [-0.1, -0.05) is 35.5 Å². The molecule has 3 rings (SSSR count). The van der Waals surface area contributed by atoms with Crippen LogP contribution in [0.2, 0.25) is 0 Å². The fourth-order valence-corrected chi connectivity index (χ4v) is 3.04. The van der Waals surface area contributed by atoms with E-state index in [1.807, 2.05) is 48.9 Å². The molecule has 0 radical (unpaired) electrons. The van der Waals surface area contributed by atoms with Crippen LogP contribution in [0.15, 0.2) is 30.3 Å². The Bertz CT molecular complexity index is 667. The van der Waals surface area contributed by atoms with Gasteiger partial charge in [0.25, 0.3) is 5.91 Å². The molecule has 1 fully saturated rings. The van der Waals surface area contributed by atoms with Gasteiger partial charge in [-0.2, -0.15) is 0 Å². The van der Waals surface area contributed by atoms with Crippen LogP contribution < -0.4 is 10.6 Å². The number of halogens is 1. The fourth-order valence-electron chi connectivity index (χ4n) is 3.04. The minimum absolute atomic E-state index is 0. The molecule has 0 saturated carbocycles. The summed E-state index contributed by atoms with van der Waals surface area (Å²) in [5, 5.41) is 14.7. The van der Waals surface area contributed by atoms with Crippen molar-refractivity contribution in [3.8, 4) is 0 Å². The lowest BCUT2D eigenvalue weighted by Crippen LogP contribution is -2.31. The molecule has 6 nitrogen and oxygen atoms in total. The quantitative estimate of drug-likeness (QED) is 0.889. The van der Waals surface area contributed by atoms with E-state index in [9.17, 15) is 4.79 Å². The second-order valence-electron chi connectivity index (χ2n) is 6.06. The van der Waals surface area contributed by atoms with Crippen LogP contribution in [0.5, 0.6) is 0 Å². The summed E-state index contributed by atoms with van der Waals surface area (Å²) in [4.78, 5) is 12.5. The molecular formula is C17H24ClN5O. The zero-order valence-corrected chi connectivity index (χ0v) is 14.8. The number of amides is 1. The molecule has 0 spiro atoms. The lowest BCUT2D eigenvalue weighted by atomic mass is 10.1. The van der Waals surface area contributed by atoms with Crippen LogP contribution in [-0.4, -0.2) is 34.0 Å². The second kappa shape index (κ2) is 8.26. The molecule has 1 aromatic carbocycles. The number of hydrogen-bond donors (Lipinski definition) is 2. The fraction of sp³-hybridized carbons (Fsp3) is 0.471. The Morgan fingerprint density at radius 2 is 1.96 bits per heavy atom. The predicted molar refractivity (Wildman–Crippen MR) is 95.5 cm³/mol. The van der Waals surface area contributed by atoms with Crippen LogP contribution in [0.4, 0.5) is 0 Å². The molecule has 0 aliphatic carbocycles. The highest BCUT2D eigenvalue weighted by Crippen LogP contribution is 2.20. The van der Waals surface area contributed by atoms with Crippen LogP contribution >= 0.6 is 12.4 Å². The van der Waals surface area contributed by atoms with Crippen LogP contribution in [0.1, 0.15) is 53.6 Å². The SMILES string of the molecule is Cc1c(C(=O)NC(C)c2ccccc2)nnn1C1CCNCC1.Cl. The maximum atomic E-state index is 12.5. The van der Waals surface area contributed by atoms with E-state index in [0.717, 1.165) is 37.2 Å². The molecule has 1 aromatic heterocycles. The van der Waals surface area contributed by atoms with Gasteiger partial charge in [0.2, 0.25) is 0 Å². The van der Waals surface area contributed by atoms with E-state index in [-0.39, 0.29) is 24.4 Å². The number of nitrogens with zero attached hydrogens (tertiary/aromatic N) is 3. The summed E-state index contributed by atoms with van der Waals surface area (Å²) >= 11 is 0. The van der Waals surface area contributed by atoms with E-state index in [2.05, 4.69) is 20.9 Å². The largest absolute Gasteiger partial charge is 0.344 e. The highest BCUT2D eigenvalue weighted by molar-refractivity contribution is 5.93. The van der Waals surface area contributed by atoms with Gasteiger partial charge >= 0.3 is 0 Å².